The number of rotatable bonds is 2. The minimum atomic E-state index is 0.158. The molecular formula is C15H19N3O. The minimum absolute atomic E-state index is 0.158. The number of hydrogen-bond acceptors (Lipinski definition) is 2. The van der Waals surface area contributed by atoms with Crippen molar-refractivity contribution in [1.82, 2.24) is 10.2 Å². The molecular weight excluding hydrogens is 238 g/mol. The molecule has 4 nitrogen and oxygen atoms in total. The topological polar surface area (TPSA) is 57.8 Å². The number of fused-ring (bicyclic) bond motifs is 1. The summed E-state index contributed by atoms with van der Waals surface area (Å²) in [6.45, 7) is 2.26. The first-order chi connectivity index (χ1) is 9.22. The molecule has 2 aromatic rings. The average Bonchev–Trinajstić information content (AvgIpc) is 2.87. The van der Waals surface area contributed by atoms with Gasteiger partial charge in [0.2, 0.25) is 5.91 Å². The van der Waals surface area contributed by atoms with Crippen molar-refractivity contribution in [2.24, 2.45) is 11.8 Å². The number of aromatic amines is 1. The van der Waals surface area contributed by atoms with Gasteiger partial charge in [-0.1, -0.05) is 6.92 Å². The van der Waals surface area contributed by atoms with Gasteiger partial charge in [0.25, 0.3) is 0 Å². The number of H-pyrrole nitrogens is 1. The maximum Gasteiger partial charge on any atom is 0.227 e. The van der Waals surface area contributed by atoms with Crippen molar-refractivity contribution in [3.8, 4) is 0 Å². The largest absolute Gasteiger partial charge is 0.326 e. The van der Waals surface area contributed by atoms with E-state index in [-0.39, 0.29) is 11.8 Å². The Hall–Kier alpha value is -1.84. The van der Waals surface area contributed by atoms with Crippen molar-refractivity contribution < 1.29 is 4.79 Å². The van der Waals surface area contributed by atoms with Gasteiger partial charge in [0.15, 0.2) is 0 Å². The molecule has 1 heterocycles. The smallest absolute Gasteiger partial charge is 0.227 e. The fraction of sp³-hybridized carbons (Fsp3) is 0.467. The standard InChI is InChI=1S/C15H19N3O/c1-10-2-4-11(5-3-10)15(19)17-13-7-6-12-9-16-18-14(12)8-13/h6-11H,2-5H2,1H3,(H,16,18)(H,17,19). The third-order valence-corrected chi connectivity index (χ3v) is 4.10. The Morgan fingerprint density at radius 2 is 2.11 bits per heavy atom. The van der Waals surface area contributed by atoms with E-state index in [1.165, 1.54) is 0 Å². The van der Waals surface area contributed by atoms with E-state index in [1.807, 2.05) is 18.2 Å². The molecule has 100 valence electrons. The van der Waals surface area contributed by atoms with Gasteiger partial charge >= 0.3 is 0 Å². The van der Waals surface area contributed by atoms with E-state index in [4.69, 9.17) is 0 Å². The van der Waals surface area contributed by atoms with E-state index in [2.05, 4.69) is 22.4 Å². The van der Waals surface area contributed by atoms with Crippen LogP contribution in [0.5, 0.6) is 0 Å². The first-order valence-electron chi connectivity index (χ1n) is 6.96. The molecule has 0 spiro atoms. The summed E-state index contributed by atoms with van der Waals surface area (Å²) in [4.78, 5) is 12.2. The van der Waals surface area contributed by atoms with Gasteiger partial charge in [0.1, 0.15) is 0 Å². The number of aromatic nitrogens is 2. The van der Waals surface area contributed by atoms with E-state index in [1.54, 1.807) is 6.20 Å². The highest BCUT2D eigenvalue weighted by atomic mass is 16.1. The van der Waals surface area contributed by atoms with Crippen LogP contribution in [0.1, 0.15) is 32.6 Å². The zero-order valence-electron chi connectivity index (χ0n) is 11.1. The van der Waals surface area contributed by atoms with Crippen LogP contribution in [-0.4, -0.2) is 16.1 Å². The summed E-state index contributed by atoms with van der Waals surface area (Å²) in [7, 11) is 0. The summed E-state index contributed by atoms with van der Waals surface area (Å²) in [5.41, 5.74) is 1.80. The first kappa shape index (κ1) is 12.2. The Bertz CT molecular complexity index is 582. The number of hydrogen-bond donors (Lipinski definition) is 2. The molecule has 3 rings (SSSR count). The van der Waals surface area contributed by atoms with Crippen molar-refractivity contribution in [2.45, 2.75) is 32.6 Å². The second-order valence-corrected chi connectivity index (χ2v) is 5.62. The highest BCUT2D eigenvalue weighted by Crippen LogP contribution is 2.29. The van der Waals surface area contributed by atoms with Crippen LogP contribution in [0.25, 0.3) is 10.9 Å². The Kier molecular flexibility index (Phi) is 3.23. The number of nitrogens with zero attached hydrogens (tertiary/aromatic N) is 1. The van der Waals surface area contributed by atoms with Gasteiger partial charge in [0.05, 0.1) is 11.7 Å². The van der Waals surface area contributed by atoms with Gasteiger partial charge in [-0.05, 0) is 49.8 Å². The fourth-order valence-electron chi connectivity index (χ4n) is 2.78. The van der Waals surface area contributed by atoms with Crippen molar-refractivity contribution in [2.75, 3.05) is 5.32 Å². The van der Waals surface area contributed by atoms with Gasteiger partial charge in [-0.2, -0.15) is 5.10 Å². The summed E-state index contributed by atoms with van der Waals surface area (Å²) >= 11 is 0. The van der Waals surface area contributed by atoms with Crippen LogP contribution in [0.15, 0.2) is 24.4 Å². The molecule has 0 saturated heterocycles. The van der Waals surface area contributed by atoms with E-state index in [9.17, 15) is 4.79 Å². The molecule has 1 aromatic heterocycles. The molecule has 1 aliphatic rings. The quantitative estimate of drug-likeness (QED) is 0.867. The summed E-state index contributed by atoms with van der Waals surface area (Å²) in [5, 5.41) is 11.0. The van der Waals surface area contributed by atoms with E-state index in [0.717, 1.165) is 48.2 Å². The van der Waals surface area contributed by atoms with E-state index < -0.39 is 0 Å². The van der Waals surface area contributed by atoms with Gasteiger partial charge in [-0.25, -0.2) is 0 Å². The van der Waals surface area contributed by atoms with Crippen LogP contribution in [0.4, 0.5) is 5.69 Å². The number of carbonyl (C=O) groups is 1. The molecule has 0 aliphatic heterocycles. The lowest BCUT2D eigenvalue weighted by Crippen LogP contribution is -2.26. The second kappa shape index (κ2) is 5.03. The zero-order chi connectivity index (χ0) is 13.2. The van der Waals surface area contributed by atoms with E-state index >= 15 is 0 Å². The van der Waals surface area contributed by atoms with Crippen LogP contribution in [0.3, 0.4) is 0 Å². The number of nitrogens with one attached hydrogen (secondary N) is 2. The molecule has 0 bridgehead atoms. The van der Waals surface area contributed by atoms with Crippen molar-refractivity contribution >= 4 is 22.5 Å². The summed E-state index contributed by atoms with van der Waals surface area (Å²) in [5.74, 6) is 1.10. The highest BCUT2D eigenvalue weighted by Gasteiger charge is 2.24. The molecule has 1 amide bonds. The predicted octanol–water partition coefficient (Wildman–Crippen LogP) is 3.33. The molecule has 2 N–H and O–H groups in total. The second-order valence-electron chi connectivity index (χ2n) is 5.62. The molecule has 1 fully saturated rings. The number of carbonyl (C=O) groups excluding carboxylic acids is 1. The van der Waals surface area contributed by atoms with Gasteiger partial charge < -0.3 is 5.32 Å². The van der Waals surface area contributed by atoms with Crippen LogP contribution in [-0.2, 0) is 4.79 Å². The molecule has 0 radical (unpaired) electrons. The van der Waals surface area contributed by atoms with Crippen molar-refractivity contribution in [3.05, 3.63) is 24.4 Å². The summed E-state index contributed by atoms with van der Waals surface area (Å²) in [6, 6.07) is 5.84. The van der Waals surface area contributed by atoms with Gasteiger partial charge in [0, 0.05) is 17.0 Å². The minimum Gasteiger partial charge on any atom is -0.326 e. The third kappa shape index (κ3) is 2.62. The van der Waals surface area contributed by atoms with Crippen molar-refractivity contribution in [1.29, 1.82) is 0 Å². The van der Waals surface area contributed by atoms with Crippen LogP contribution >= 0.6 is 0 Å². The Morgan fingerprint density at radius 1 is 1.32 bits per heavy atom. The van der Waals surface area contributed by atoms with Gasteiger partial charge in [-0.15, -0.1) is 0 Å². The molecule has 0 unspecified atom stereocenters. The van der Waals surface area contributed by atoms with Gasteiger partial charge in [-0.3, -0.25) is 9.89 Å². The molecule has 19 heavy (non-hydrogen) atoms. The lowest BCUT2D eigenvalue weighted by Gasteiger charge is -2.25. The Morgan fingerprint density at radius 3 is 2.89 bits per heavy atom. The normalized spacial score (nSPS) is 23.4. The van der Waals surface area contributed by atoms with Crippen LogP contribution in [0.2, 0.25) is 0 Å². The summed E-state index contributed by atoms with van der Waals surface area (Å²) < 4.78 is 0. The monoisotopic (exact) mass is 257 g/mol. The molecule has 0 atom stereocenters. The molecule has 1 aromatic carbocycles. The lowest BCUT2D eigenvalue weighted by molar-refractivity contribution is -0.121. The molecule has 1 saturated carbocycles. The molecule has 4 heteroatoms. The lowest BCUT2D eigenvalue weighted by atomic mass is 9.82. The Balaban J connectivity index is 1.68. The number of amides is 1. The average molecular weight is 257 g/mol. The number of anilines is 1. The Labute approximate surface area is 112 Å². The maximum absolute atomic E-state index is 12.2. The molecule has 1 aliphatic carbocycles. The van der Waals surface area contributed by atoms with Crippen LogP contribution in [0, 0.1) is 11.8 Å². The SMILES string of the molecule is CC1CCC(C(=O)Nc2ccc3cn[nH]c3c2)CC1. The fourth-order valence-corrected chi connectivity index (χ4v) is 2.78. The van der Waals surface area contributed by atoms with Crippen molar-refractivity contribution in [3.63, 3.8) is 0 Å². The van der Waals surface area contributed by atoms with E-state index in [0.29, 0.717) is 0 Å². The zero-order valence-corrected chi connectivity index (χ0v) is 11.1. The first-order valence-corrected chi connectivity index (χ1v) is 6.96. The maximum atomic E-state index is 12.2. The highest BCUT2D eigenvalue weighted by molar-refractivity contribution is 5.94. The number of benzene rings is 1. The van der Waals surface area contributed by atoms with Crippen LogP contribution < -0.4 is 5.32 Å². The third-order valence-electron chi connectivity index (χ3n) is 4.10. The predicted molar refractivity (Wildman–Crippen MR) is 75.8 cm³/mol. The summed E-state index contributed by atoms with van der Waals surface area (Å²) in [6.07, 6.45) is 6.14.